The van der Waals surface area contributed by atoms with Gasteiger partial charge in [-0.1, -0.05) is 17.7 Å². The summed E-state index contributed by atoms with van der Waals surface area (Å²) in [5, 5.41) is 3.74. The molecule has 9 heteroatoms. The average molecular weight is 364 g/mol. The monoisotopic (exact) mass is 363 g/mol. The lowest BCUT2D eigenvalue weighted by atomic mass is 10.4. The van der Waals surface area contributed by atoms with Crippen molar-refractivity contribution < 1.29 is 4.42 Å². The van der Waals surface area contributed by atoms with Crippen molar-refractivity contribution in [2.75, 3.05) is 5.32 Å². The molecule has 0 aliphatic heterocycles. The van der Waals surface area contributed by atoms with Gasteiger partial charge in [-0.3, -0.25) is 13.9 Å². The predicted molar refractivity (Wildman–Crippen MR) is 95.9 cm³/mol. The van der Waals surface area contributed by atoms with E-state index in [0.717, 1.165) is 10.3 Å². The maximum atomic E-state index is 12.6. The molecule has 0 atom stereocenters. The number of hydrogen-bond acceptors (Lipinski definition) is 5. The fraction of sp³-hybridized carbons (Fsp3) is 0.312. The molecule has 3 rings (SSSR count). The van der Waals surface area contributed by atoms with Gasteiger partial charge < -0.3 is 14.3 Å². The molecule has 3 heterocycles. The second-order valence-electron chi connectivity index (χ2n) is 5.65. The molecule has 0 bridgehead atoms. The third kappa shape index (κ3) is 3.12. The molecular formula is C16H18ClN5O3. The van der Waals surface area contributed by atoms with Gasteiger partial charge in [0.2, 0.25) is 5.95 Å². The lowest BCUT2D eigenvalue weighted by Gasteiger charge is -2.08. The molecule has 0 aliphatic carbocycles. The van der Waals surface area contributed by atoms with Crippen LogP contribution in [0, 0.1) is 0 Å². The van der Waals surface area contributed by atoms with Crippen molar-refractivity contribution in [2.24, 2.45) is 14.1 Å². The van der Waals surface area contributed by atoms with Gasteiger partial charge in [-0.15, -0.1) is 0 Å². The van der Waals surface area contributed by atoms with Gasteiger partial charge in [0.15, 0.2) is 11.2 Å². The van der Waals surface area contributed by atoms with E-state index in [2.05, 4.69) is 10.3 Å². The molecule has 0 aliphatic rings. The molecule has 8 nitrogen and oxygen atoms in total. The van der Waals surface area contributed by atoms with Gasteiger partial charge in [0.1, 0.15) is 5.76 Å². The number of rotatable bonds is 5. The van der Waals surface area contributed by atoms with Crippen LogP contribution < -0.4 is 16.6 Å². The van der Waals surface area contributed by atoms with E-state index in [-0.39, 0.29) is 0 Å². The highest BCUT2D eigenvalue weighted by Crippen LogP contribution is 2.17. The molecule has 0 saturated heterocycles. The van der Waals surface area contributed by atoms with Crippen molar-refractivity contribution in [3.63, 3.8) is 0 Å². The Hall–Kier alpha value is -2.74. The number of anilines is 1. The predicted octanol–water partition coefficient (Wildman–Crippen LogP) is 1.78. The van der Waals surface area contributed by atoms with Gasteiger partial charge >= 0.3 is 5.69 Å². The third-order valence-corrected chi connectivity index (χ3v) is 4.06. The first-order valence-electron chi connectivity index (χ1n) is 7.65. The fourth-order valence-corrected chi connectivity index (χ4v) is 2.62. The molecule has 3 aromatic rings. The zero-order chi connectivity index (χ0) is 18.1. The summed E-state index contributed by atoms with van der Waals surface area (Å²) in [6, 6.07) is 3.62. The first kappa shape index (κ1) is 17.1. The van der Waals surface area contributed by atoms with Crippen molar-refractivity contribution in [1.29, 1.82) is 0 Å². The maximum absolute atomic E-state index is 12.6. The second kappa shape index (κ2) is 6.64. The average Bonchev–Trinajstić information content (AvgIpc) is 3.21. The molecule has 0 unspecified atom stereocenters. The quantitative estimate of drug-likeness (QED) is 0.746. The van der Waals surface area contributed by atoms with Crippen LogP contribution in [0.4, 0.5) is 5.95 Å². The van der Waals surface area contributed by atoms with E-state index in [4.69, 9.17) is 16.0 Å². The summed E-state index contributed by atoms with van der Waals surface area (Å²) in [6.07, 6.45) is 3.35. The van der Waals surface area contributed by atoms with Crippen LogP contribution in [0.3, 0.4) is 0 Å². The summed E-state index contributed by atoms with van der Waals surface area (Å²) in [4.78, 5) is 29.2. The lowest BCUT2D eigenvalue weighted by molar-refractivity contribution is 0.517. The SMILES string of the molecule is C/C(Cl)=C/Cn1c(NCc2ccco2)nc2c1c(=O)n(C)c(=O)n2C. The van der Waals surface area contributed by atoms with Crippen LogP contribution in [-0.2, 0) is 27.2 Å². The number of halogens is 1. The maximum Gasteiger partial charge on any atom is 0.332 e. The molecule has 0 aromatic carbocycles. The van der Waals surface area contributed by atoms with E-state index in [9.17, 15) is 9.59 Å². The zero-order valence-corrected chi connectivity index (χ0v) is 14.9. The van der Waals surface area contributed by atoms with Gasteiger partial charge in [0.25, 0.3) is 5.56 Å². The van der Waals surface area contributed by atoms with Gasteiger partial charge in [-0.25, -0.2) is 4.79 Å². The van der Waals surface area contributed by atoms with Crippen molar-refractivity contribution in [2.45, 2.75) is 20.0 Å². The van der Waals surface area contributed by atoms with Crippen LogP contribution in [0.1, 0.15) is 12.7 Å². The van der Waals surface area contributed by atoms with E-state index < -0.39 is 11.2 Å². The molecule has 0 saturated carbocycles. The first-order valence-corrected chi connectivity index (χ1v) is 8.02. The minimum atomic E-state index is -0.427. The van der Waals surface area contributed by atoms with Crippen molar-refractivity contribution in [3.05, 3.63) is 56.1 Å². The number of nitrogens with one attached hydrogen (secondary N) is 1. The van der Waals surface area contributed by atoms with E-state index in [1.807, 2.05) is 6.07 Å². The van der Waals surface area contributed by atoms with E-state index >= 15 is 0 Å². The van der Waals surface area contributed by atoms with Crippen LogP contribution in [-0.4, -0.2) is 18.7 Å². The van der Waals surface area contributed by atoms with Crippen LogP contribution in [0.15, 0.2) is 43.5 Å². The highest BCUT2D eigenvalue weighted by molar-refractivity contribution is 6.29. The number of fused-ring (bicyclic) bond motifs is 1. The Morgan fingerprint density at radius 3 is 2.76 bits per heavy atom. The standard InChI is InChI=1S/C16H18ClN5O3/c1-10(17)6-7-22-12-13(20(2)16(24)21(3)14(12)23)19-15(22)18-9-11-5-4-8-25-11/h4-6,8H,7,9H2,1-3H3,(H,18,19)/b10-6-. The molecule has 25 heavy (non-hydrogen) atoms. The summed E-state index contributed by atoms with van der Waals surface area (Å²) >= 11 is 5.94. The number of hydrogen-bond donors (Lipinski definition) is 1. The number of aromatic nitrogens is 4. The smallest absolute Gasteiger partial charge is 0.332 e. The Morgan fingerprint density at radius 2 is 2.12 bits per heavy atom. The first-order chi connectivity index (χ1) is 11.9. The highest BCUT2D eigenvalue weighted by Gasteiger charge is 2.18. The second-order valence-corrected chi connectivity index (χ2v) is 6.24. The number of nitrogens with zero attached hydrogens (tertiary/aromatic N) is 4. The van der Waals surface area contributed by atoms with Crippen molar-refractivity contribution >= 4 is 28.7 Å². The van der Waals surface area contributed by atoms with Crippen LogP contribution in [0.5, 0.6) is 0 Å². The highest BCUT2D eigenvalue weighted by atomic mass is 35.5. The summed E-state index contributed by atoms with van der Waals surface area (Å²) < 4.78 is 9.41. The summed E-state index contributed by atoms with van der Waals surface area (Å²) in [5.41, 5.74) is -0.183. The van der Waals surface area contributed by atoms with E-state index in [1.165, 1.54) is 11.6 Å². The molecule has 3 aromatic heterocycles. The van der Waals surface area contributed by atoms with Gasteiger partial charge in [-0.05, 0) is 19.1 Å². The number of furan rings is 1. The largest absolute Gasteiger partial charge is 0.467 e. The fourth-order valence-electron chi connectivity index (χ4n) is 2.56. The number of imidazole rings is 1. The lowest BCUT2D eigenvalue weighted by Crippen LogP contribution is -2.37. The van der Waals surface area contributed by atoms with E-state index in [1.54, 1.807) is 36.9 Å². The molecule has 0 amide bonds. The molecule has 1 N–H and O–H groups in total. The minimum Gasteiger partial charge on any atom is -0.467 e. The zero-order valence-electron chi connectivity index (χ0n) is 14.1. The Labute approximate surface area is 148 Å². The number of aryl methyl sites for hydroxylation is 1. The normalized spacial score (nSPS) is 12.1. The van der Waals surface area contributed by atoms with Crippen molar-refractivity contribution in [3.8, 4) is 0 Å². The summed E-state index contributed by atoms with van der Waals surface area (Å²) in [5.74, 6) is 1.18. The summed E-state index contributed by atoms with van der Waals surface area (Å²) in [7, 11) is 3.03. The van der Waals surface area contributed by atoms with Gasteiger partial charge in [0, 0.05) is 25.7 Å². The van der Waals surface area contributed by atoms with E-state index in [0.29, 0.717) is 35.2 Å². The van der Waals surface area contributed by atoms with Crippen LogP contribution >= 0.6 is 11.6 Å². The summed E-state index contributed by atoms with van der Waals surface area (Å²) in [6.45, 7) is 2.50. The topological polar surface area (TPSA) is 87.0 Å². The Balaban J connectivity index is 2.17. The van der Waals surface area contributed by atoms with Crippen molar-refractivity contribution in [1.82, 2.24) is 18.7 Å². The Morgan fingerprint density at radius 1 is 1.36 bits per heavy atom. The Kier molecular flexibility index (Phi) is 4.54. The van der Waals surface area contributed by atoms with Crippen LogP contribution in [0.2, 0.25) is 0 Å². The molecule has 0 fully saturated rings. The molecule has 132 valence electrons. The minimum absolute atomic E-state index is 0.315. The molecular weight excluding hydrogens is 346 g/mol. The van der Waals surface area contributed by atoms with Crippen LogP contribution in [0.25, 0.3) is 11.2 Å². The molecule has 0 spiro atoms. The molecule has 0 radical (unpaired) electrons. The Bertz CT molecular complexity index is 1050. The number of allylic oxidation sites excluding steroid dienone is 2. The van der Waals surface area contributed by atoms with Gasteiger partial charge in [-0.2, -0.15) is 4.98 Å². The van der Waals surface area contributed by atoms with Gasteiger partial charge in [0.05, 0.1) is 12.8 Å². The third-order valence-electron chi connectivity index (χ3n) is 3.90.